The second-order valence-corrected chi connectivity index (χ2v) is 4.31. The van der Waals surface area contributed by atoms with Gasteiger partial charge < -0.3 is 9.57 Å². The number of ether oxygens (including phenoxy) is 1. The van der Waals surface area contributed by atoms with E-state index in [4.69, 9.17) is 0 Å². The lowest BCUT2D eigenvalue weighted by Crippen LogP contribution is -2.22. The Balaban J connectivity index is 2.25. The van der Waals surface area contributed by atoms with Crippen LogP contribution < -0.4 is 5.32 Å². The van der Waals surface area contributed by atoms with E-state index in [2.05, 4.69) is 35.2 Å². The standard InChI is InChI=1S/C10H10N6O4S/c1-19-10(18)14-9-13-6(3-21-9)7(15-20-2)8(17)16-4-11-12-5-16/h3-5H,1-2H3,(H,13,14,18). The third-order valence-electron chi connectivity index (χ3n) is 2.18. The number of amides is 1. The third-order valence-corrected chi connectivity index (χ3v) is 2.94. The number of anilines is 1. The highest BCUT2D eigenvalue weighted by atomic mass is 32.1. The molecule has 11 heteroatoms. The number of carbonyl (C=O) groups excluding carboxylic acids is 2. The van der Waals surface area contributed by atoms with Gasteiger partial charge in [0.25, 0.3) is 5.91 Å². The number of aromatic nitrogens is 4. The molecule has 21 heavy (non-hydrogen) atoms. The van der Waals surface area contributed by atoms with E-state index >= 15 is 0 Å². The van der Waals surface area contributed by atoms with Crippen LogP contribution >= 0.6 is 11.3 Å². The number of nitrogens with one attached hydrogen (secondary N) is 1. The Bertz CT molecular complexity index is 665. The van der Waals surface area contributed by atoms with Gasteiger partial charge in [0, 0.05) is 5.38 Å². The van der Waals surface area contributed by atoms with Gasteiger partial charge in [0.05, 0.1) is 7.11 Å². The summed E-state index contributed by atoms with van der Waals surface area (Å²) in [4.78, 5) is 32.0. The first-order valence-corrected chi connectivity index (χ1v) is 6.35. The van der Waals surface area contributed by atoms with Crippen LogP contribution in [0.25, 0.3) is 0 Å². The molecule has 2 aromatic heterocycles. The molecule has 0 aliphatic carbocycles. The fourth-order valence-electron chi connectivity index (χ4n) is 1.29. The van der Waals surface area contributed by atoms with Gasteiger partial charge in [0.1, 0.15) is 25.5 Å². The van der Waals surface area contributed by atoms with Gasteiger partial charge in [0.15, 0.2) is 10.8 Å². The molecule has 0 aliphatic rings. The Labute approximate surface area is 122 Å². The molecule has 2 rings (SSSR count). The summed E-state index contributed by atoms with van der Waals surface area (Å²) in [6.45, 7) is 0. The number of nitrogens with zero attached hydrogens (tertiary/aromatic N) is 5. The first-order chi connectivity index (χ1) is 10.2. The Kier molecular flexibility index (Phi) is 4.56. The molecule has 0 aliphatic heterocycles. The van der Waals surface area contributed by atoms with Crippen molar-refractivity contribution in [1.29, 1.82) is 0 Å². The van der Waals surface area contributed by atoms with E-state index in [1.54, 1.807) is 5.38 Å². The molecule has 0 bridgehead atoms. The summed E-state index contributed by atoms with van der Waals surface area (Å²) < 4.78 is 5.58. The molecule has 0 unspecified atom stereocenters. The van der Waals surface area contributed by atoms with Gasteiger partial charge in [-0.3, -0.25) is 14.7 Å². The van der Waals surface area contributed by atoms with Crippen molar-refractivity contribution in [3.05, 3.63) is 23.7 Å². The number of hydrogen-bond donors (Lipinski definition) is 1. The molecule has 0 saturated carbocycles. The van der Waals surface area contributed by atoms with E-state index in [0.29, 0.717) is 0 Å². The van der Waals surface area contributed by atoms with Gasteiger partial charge in [-0.2, -0.15) is 0 Å². The summed E-state index contributed by atoms with van der Waals surface area (Å²) in [5.41, 5.74) is 0.193. The van der Waals surface area contributed by atoms with Gasteiger partial charge in [-0.15, -0.1) is 21.5 Å². The molecule has 0 aromatic carbocycles. The zero-order valence-corrected chi connectivity index (χ0v) is 11.8. The summed E-state index contributed by atoms with van der Waals surface area (Å²) in [7, 11) is 2.54. The van der Waals surface area contributed by atoms with Crippen LogP contribution in [0.2, 0.25) is 0 Å². The second-order valence-electron chi connectivity index (χ2n) is 3.45. The maximum atomic E-state index is 12.2. The molecule has 10 nitrogen and oxygen atoms in total. The first-order valence-electron chi connectivity index (χ1n) is 5.47. The fourth-order valence-corrected chi connectivity index (χ4v) is 1.97. The minimum atomic E-state index is -0.661. The van der Waals surface area contributed by atoms with E-state index in [0.717, 1.165) is 15.9 Å². The maximum Gasteiger partial charge on any atom is 0.413 e. The van der Waals surface area contributed by atoms with Crippen molar-refractivity contribution in [2.75, 3.05) is 19.5 Å². The minimum Gasteiger partial charge on any atom is -0.453 e. The molecule has 2 heterocycles. The molecule has 1 N–H and O–H groups in total. The number of methoxy groups -OCH3 is 1. The lowest BCUT2D eigenvalue weighted by molar-refractivity contribution is 0.0982. The Morgan fingerprint density at radius 3 is 2.67 bits per heavy atom. The Morgan fingerprint density at radius 1 is 1.33 bits per heavy atom. The molecule has 1 amide bonds. The lowest BCUT2D eigenvalue weighted by atomic mass is 10.3. The molecular weight excluding hydrogens is 300 g/mol. The zero-order valence-electron chi connectivity index (χ0n) is 11.0. The Hall–Kier alpha value is -2.82. The van der Waals surface area contributed by atoms with Crippen LogP contribution in [0.15, 0.2) is 23.2 Å². The fraction of sp³-hybridized carbons (Fsp3) is 0.200. The predicted molar refractivity (Wildman–Crippen MR) is 72.3 cm³/mol. The molecule has 0 radical (unpaired) electrons. The van der Waals surface area contributed by atoms with Crippen molar-refractivity contribution in [3.8, 4) is 0 Å². The van der Waals surface area contributed by atoms with Crippen molar-refractivity contribution in [2.45, 2.75) is 0 Å². The van der Waals surface area contributed by atoms with Gasteiger partial charge in [0.2, 0.25) is 0 Å². The van der Waals surface area contributed by atoms with Crippen molar-refractivity contribution in [2.24, 2.45) is 5.16 Å². The molecular formula is C10H10N6O4S. The monoisotopic (exact) mass is 310 g/mol. The number of hydrogen-bond acceptors (Lipinski definition) is 9. The van der Waals surface area contributed by atoms with Crippen LogP contribution in [-0.2, 0) is 9.57 Å². The first kappa shape index (κ1) is 14.6. The normalized spacial score (nSPS) is 11.0. The number of rotatable bonds is 4. The molecule has 0 atom stereocenters. The van der Waals surface area contributed by atoms with Crippen LogP contribution in [0.3, 0.4) is 0 Å². The van der Waals surface area contributed by atoms with Crippen LogP contribution in [0.5, 0.6) is 0 Å². The quantitative estimate of drug-likeness (QED) is 0.648. The SMILES string of the molecule is CON=C(C(=O)n1cnnc1)c1csc(NC(=O)OC)n1. The molecule has 0 spiro atoms. The van der Waals surface area contributed by atoms with E-state index in [1.165, 1.54) is 26.9 Å². The summed E-state index contributed by atoms with van der Waals surface area (Å²) in [6.07, 6.45) is 1.80. The minimum absolute atomic E-state index is 0.0496. The summed E-state index contributed by atoms with van der Waals surface area (Å²) in [6, 6.07) is 0. The number of carbonyl (C=O) groups is 2. The maximum absolute atomic E-state index is 12.2. The van der Waals surface area contributed by atoms with Crippen LogP contribution in [-0.4, -0.2) is 51.7 Å². The molecule has 2 aromatic rings. The topological polar surface area (TPSA) is 121 Å². The summed E-state index contributed by atoms with van der Waals surface area (Å²) in [5.74, 6) is -0.517. The van der Waals surface area contributed by atoms with E-state index in [9.17, 15) is 9.59 Å². The van der Waals surface area contributed by atoms with Gasteiger partial charge in [-0.05, 0) is 0 Å². The van der Waals surface area contributed by atoms with Crippen molar-refractivity contribution in [1.82, 2.24) is 19.7 Å². The van der Waals surface area contributed by atoms with Crippen LogP contribution in [0.4, 0.5) is 9.93 Å². The van der Waals surface area contributed by atoms with E-state index in [-0.39, 0.29) is 16.5 Å². The lowest BCUT2D eigenvalue weighted by Gasteiger charge is -2.01. The van der Waals surface area contributed by atoms with Gasteiger partial charge in [-0.25, -0.2) is 9.78 Å². The summed E-state index contributed by atoms with van der Waals surface area (Å²) >= 11 is 1.11. The molecule has 0 fully saturated rings. The zero-order chi connectivity index (χ0) is 15.2. The predicted octanol–water partition coefficient (Wildman–Crippen LogP) is 0.604. The van der Waals surface area contributed by atoms with Gasteiger partial charge >= 0.3 is 6.09 Å². The van der Waals surface area contributed by atoms with Crippen LogP contribution in [0.1, 0.15) is 10.5 Å². The third kappa shape index (κ3) is 3.39. The molecule has 0 saturated heterocycles. The number of thiazole rings is 1. The Morgan fingerprint density at radius 2 is 2.05 bits per heavy atom. The largest absolute Gasteiger partial charge is 0.453 e. The van der Waals surface area contributed by atoms with Crippen molar-refractivity contribution < 1.29 is 19.2 Å². The smallest absolute Gasteiger partial charge is 0.413 e. The highest BCUT2D eigenvalue weighted by Gasteiger charge is 2.21. The highest BCUT2D eigenvalue weighted by molar-refractivity contribution is 7.14. The average Bonchev–Trinajstić information content (AvgIpc) is 3.15. The van der Waals surface area contributed by atoms with E-state index in [1.807, 2.05) is 0 Å². The van der Waals surface area contributed by atoms with Crippen molar-refractivity contribution >= 4 is 34.2 Å². The van der Waals surface area contributed by atoms with Crippen LogP contribution in [0, 0.1) is 0 Å². The highest BCUT2D eigenvalue weighted by Crippen LogP contribution is 2.17. The second kappa shape index (κ2) is 6.56. The van der Waals surface area contributed by atoms with Crippen molar-refractivity contribution in [3.63, 3.8) is 0 Å². The number of oxime groups is 1. The average molecular weight is 310 g/mol. The van der Waals surface area contributed by atoms with E-state index < -0.39 is 12.0 Å². The summed E-state index contributed by atoms with van der Waals surface area (Å²) in [5, 5.41) is 14.9. The van der Waals surface area contributed by atoms with Gasteiger partial charge in [-0.1, -0.05) is 5.16 Å². The molecule has 110 valence electrons.